The van der Waals surface area contributed by atoms with Gasteiger partial charge in [0.1, 0.15) is 0 Å². The molecule has 3 heteroatoms. The highest BCUT2D eigenvalue weighted by atomic mass is 35.5. The van der Waals surface area contributed by atoms with Gasteiger partial charge in [-0.25, -0.2) is 0 Å². The van der Waals surface area contributed by atoms with E-state index in [1.54, 1.807) is 0 Å². The summed E-state index contributed by atoms with van der Waals surface area (Å²) >= 11 is 6.29. The van der Waals surface area contributed by atoms with Crippen LogP contribution in [0.5, 0.6) is 0 Å². The molecule has 1 N–H and O–H groups in total. The molecule has 2 nitrogen and oxygen atoms in total. The Bertz CT molecular complexity index is 496. The molecule has 0 radical (unpaired) electrons. The molecule has 2 saturated carbocycles. The minimum absolute atomic E-state index is 0.255. The molecule has 21 heavy (non-hydrogen) atoms. The number of hydrogen-bond donors (Lipinski definition) is 1. The molecule has 0 saturated heterocycles. The molecule has 0 amide bonds. The Labute approximate surface area is 133 Å². The first-order chi connectivity index (χ1) is 10.0. The molecular formula is C18H26ClNO. The van der Waals surface area contributed by atoms with Crippen molar-refractivity contribution in [1.29, 1.82) is 0 Å². The van der Waals surface area contributed by atoms with Gasteiger partial charge in [0.2, 0.25) is 0 Å². The third-order valence-corrected chi connectivity index (χ3v) is 5.81. The van der Waals surface area contributed by atoms with Crippen LogP contribution in [-0.2, 0) is 4.74 Å². The van der Waals surface area contributed by atoms with Gasteiger partial charge in [-0.1, -0.05) is 43.6 Å². The normalized spacial score (nSPS) is 34.1. The van der Waals surface area contributed by atoms with Crippen molar-refractivity contribution < 1.29 is 4.74 Å². The number of ether oxygens (including phenoxy) is 1. The van der Waals surface area contributed by atoms with Crippen molar-refractivity contribution in [1.82, 2.24) is 5.32 Å². The summed E-state index contributed by atoms with van der Waals surface area (Å²) in [4.78, 5) is 0. The van der Waals surface area contributed by atoms with Crippen LogP contribution in [0.2, 0.25) is 5.02 Å². The molecule has 2 aliphatic carbocycles. The molecule has 2 fully saturated rings. The highest BCUT2D eigenvalue weighted by Gasteiger charge is 2.50. The van der Waals surface area contributed by atoms with Crippen LogP contribution in [-0.4, -0.2) is 24.8 Å². The van der Waals surface area contributed by atoms with Crippen LogP contribution >= 0.6 is 11.6 Å². The second-order valence-electron chi connectivity index (χ2n) is 7.11. The second kappa shape index (κ2) is 5.91. The Balaban J connectivity index is 1.49. The molecule has 0 spiro atoms. The average Bonchev–Trinajstić information content (AvgIpc) is 2.41. The predicted molar refractivity (Wildman–Crippen MR) is 88.0 cm³/mol. The summed E-state index contributed by atoms with van der Waals surface area (Å²) in [5.41, 5.74) is 1.57. The summed E-state index contributed by atoms with van der Waals surface area (Å²) in [6.07, 6.45) is 3.97. The summed E-state index contributed by atoms with van der Waals surface area (Å²) in [7, 11) is 0. The molecule has 1 aromatic carbocycles. The van der Waals surface area contributed by atoms with Gasteiger partial charge in [-0.3, -0.25) is 0 Å². The fraction of sp³-hybridized carbons (Fsp3) is 0.667. The van der Waals surface area contributed by atoms with Crippen LogP contribution < -0.4 is 5.32 Å². The maximum Gasteiger partial charge on any atom is 0.0655 e. The Morgan fingerprint density at radius 1 is 1.24 bits per heavy atom. The molecule has 1 aromatic rings. The van der Waals surface area contributed by atoms with Crippen LogP contribution in [0.1, 0.15) is 51.5 Å². The molecule has 0 aliphatic heterocycles. The number of hydrogen-bond acceptors (Lipinski definition) is 2. The minimum Gasteiger partial charge on any atom is -0.378 e. The number of rotatable bonds is 5. The lowest BCUT2D eigenvalue weighted by atomic mass is 9.63. The molecular weight excluding hydrogens is 282 g/mol. The average molecular weight is 308 g/mol. The summed E-state index contributed by atoms with van der Waals surface area (Å²) in [5.74, 6) is 0.627. The third-order valence-electron chi connectivity index (χ3n) is 5.47. The van der Waals surface area contributed by atoms with Gasteiger partial charge in [-0.15, -0.1) is 0 Å². The quantitative estimate of drug-likeness (QED) is 0.871. The van der Waals surface area contributed by atoms with Crippen molar-refractivity contribution in [2.24, 2.45) is 5.41 Å². The van der Waals surface area contributed by atoms with E-state index in [0.29, 0.717) is 24.1 Å². The van der Waals surface area contributed by atoms with Crippen LogP contribution in [0, 0.1) is 5.41 Å². The zero-order valence-electron chi connectivity index (χ0n) is 13.2. The molecule has 2 atom stereocenters. The lowest BCUT2D eigenvalue weighted by molar-refractivity contribution is -0.118. The standard InChI is InChI=1S/C18H26ClNO/c1-4-21-17-11-16(18(17,2)3)20-13-9-12(10-13)14-7-5-6-8-15(14)19/h5-8,12-13,16-17,20H,4,9-11H2,1-3H3. The van der Waals surface area contributed by atoms with Gasteiger partial charge in [0, 0.05) is 29.1 Å². The second-order valence-corrected chi connectivity index (χ2v) is 7.51. The van der Waals surface area contributed by atoms with Crippen LogP contribution in [0.15, 0.2) is 24.3 Å². The fourth-order valence-electron chi connectivity index (χ4n) is 3.75. The maximum atomic E-state index is 6.29. The van der Waals surface area contributed by atoms with E-state index in [-0.39, 0.29) is 5.41 Å². The van der Waals surface area contributed by atoms with Gasteiger partial charge in [0.25, 0.3) is 0 Å². The van der Waals surface area contributed by atoms with Crippen molar-refractivity contribution in [3.05, 3.63) is 34.9 Å². The van der Waals surface area contributed by atoms with Crippen molar-refractivity contribution in [2.45, 2.75) is 64.1 Å². The molecule has 3 rings (SSSR count). The summed E-state index contributed by atoms with van der Waals surface area (Å²) in [6.45, 7) is 7.53. The first-order valence-electron chi connectivity index (χ1n) is 8.14. The number of benzene rings is 1. The van der Waals surface area contributed by atoms with Gasteiger partial charge < -0.3 is 10.1 Å². The van der Waals surface area contributed by atoms with Crippen LogP contribution in [0.3, 0.4) is 0 Å². The van der Waals surface area contributed by atoms with Gasteiger partial charge in [-0.05, 0) is 43.7 Å². The molecule has 0 bridgehead atoms. The summed E-state index contributed by atoms with van der Waals surface area (Å²) in [5, 5.41) is 4.75. The zero-order valence-corrected chi connectivity index (χ0v) is 14.0. The SMILES string of the molecule is CCOC1CC(NC2CC(c3ccccc3Cl)C2)C1(C)C. The molecule has 0 aromatic heterocycles. The van der Waals surface area contributed by atoms with Gasteiger partial charge >= 0.3 is 0 Å². The van der Waals surface area contributed by atoms with Crippen LogP contribution in [0.25, 0.3) is 0 Å². The Hall–Kier alpha value is -0.570. The third kappa shape index (κ3) is 2.86. The monoisotopic (exact) mass is 307 g/mol. The Morgan fingerprint density at radius 2 is 1.95 bits per heavy atom. The van der Waals surface area contributed by atoms with E-state index in [1.807, 2.05) is 12.1 Å². The summed E-state index contributed by atoms with van der Waals surface area (Å²) < 4.78 is 5.81. The lowest BCUT2D eigenvalue weighted by Gasteiger charge is -2.54. The predicted octanol–water partition coefficient (Wildman–Crippen LogP) is 4.38. The first kappa shape index (κ1) is 15.3. The highest BCUT2D eigenvalue weighted by Crippen LogP contribution is 2.46. The zero-order chi connectivity index (χ0) is 15.0. The van der Waals surface area contributed by atoms with Crippen molar-refractivity contribution in [3.63, 3.8) is 0 Å². The van der Waals surface area contributed by atoms with Crippen LogP contribution in [0.4, 0.5) is 0 Å². The highest BCUT2D eigenvalue weighted by molar-refractivity contribution is 6.31. The van der Waals surface area contributed by atoms with E-state index in [1.165, 1.54) is 18.4 Å². The van der Waals surface area contributed by atoms with E-state index < -0.39 is 0 Å². The Kier molecular flexibility index (Phi) is 4.31. The van der Waals surface area contributed by atoms with Crippen molar-refractivity contribution >= 4 is 11.6 Å². The van der Waals surface area contributed by atoms with E-state index >= 15 is 0 Å². The van der Waals surface area contributed by atoms with E-state index in [0.717, 1.165) is 18.1 Å². The van der Waals surface area contributed by atoms with Gasteiger partial charge in [0.15, 0.2) is 0 Å². The number of halogens is 1. The summed E-state index contributed by atoms with van der Waals surface area (Å²) in [6, 6.07) is 9.49. The minimum atomic E-state index is 0.255. The Morgan fingerprint density at radius 3 is 2.57 bits per heavy atom. The fourth-order valence-corrected chi connectivity index (χ4v) is 4.04. The van der Waals surface area contributed by atoms with Gasteiger partial charge in [0.05, 0.1) is 6.10 Å². The van der Waals surface area contributed by atoms with E-state index in [2.05, 4.69) is 38.2 Å². The van der Waals surface area contributed by atoms with E-state index in [4.69, 9.17) is 16.3 Å². The molecule has 2 aliphatic rings. The lowest BCUT2D eigenvalue weighted by Crippen LogP contribution is -2.64. The largest absolute Gasteiger partial charge is 0.378 e. The molecule has 116 valence electrons. The topological polar surface area (TPSA) is 21.3 Å². The van der Waals surface area contributed by atoms with Crippen molar-refractivity contribution in [3.8, 4) is 0 Å². The smallest absolute Gasteiger partial charge is 0.0655 e. The molecule has 0 heterocycles. The molecule has 2 unspecified atom stereocenters. The van der Waals surface area contributed by atoms with E-state index in [9.17, 15) is 0 Å². The van der Waals surface area contributed by atoms with Crippen molar-refractivity contribution in [2.75, 3.05) is 6.61 Å². The first-order valence-corrected chi connectivity index (χ1v) is 8.52. The maximum absolute atomic E-state index is 6.29. The van der Waals surface area contributed by atoms with Gasteiger partial charge in [-0.2, -0.15) is 0 Å². The number of nitrogens with one attached hydrogen (secondary N) is 1.